The molecular formula is C14H26N2O3S. The van der Waals surface area contributed by atoms with Crippen LogP contribution in [0.1, 0.15) is 32.1 Å². The van der Waals surface area contributed by atoms with E-state index in [2.05, 4.69) is 11.5 Å². The van der Waals surface area contributed by atoms with Crippen molar-refractivity contribution < 1.29 is 13.5 Å². The quantitative estimate of drug-likeness (QED) is 0.707. The van der Waals surface area contributed by atoms with Crippen LogP contribution in [0, 0.1) is 0 Å². The van der Waals surface area contributed by atoms with E-state index >= 15 is 0 Å². The molecule has 2 atom stereocenters. The van der Waals surface area contributed by atoms with Gasteiger partial charge < -0.3 is 5.11 Å². The molecule has 2 aliphatic heterocycles. The van der Waals surface area contributed by atoms with Gasteiger partial charge in [0.15, 0.2) is 0 Å². The first-order valence-electron chi connectivity index (χ1n) is 7.54. The normalized spacial score (nSPS) is 29.1. The molecule has 0 aliphatic carbocycles. The van der Waals surface area contributed by atoms with E-state index in [0.29, 0.717) is 13.0 Å². The molecule has 0 radical (unpaired) electrons. The number of hydrogen-bond donors (Lipinski definition) is 1. The molecule has 0 spiro atoms. The van der Waals surface area contributed by atoms with Crippen LogP contribution in [0.5, 0.6) is 0 Å². The van der Waals surface area contributed by atoms with Crippen LogP contribution in [-0.4, -0.2) is 66.8 Å². The zero-order valence-corrected chi connectivity index (χ0v) is 12.9. The van der Waals surface area contributed by atoms with Crippen molar-refractivity contribution in [1.29, 1.82) is 0 Å². The largest absolute Gasteiger partial charge is 0.395 e. The molecule has 0 aromatic heterocycles. The summed E-state index contributed by atoms with van der Waals surface area (Å²) >= 11 is 0. The van der Waals surface area contributed by atoms with Gasteiger partial charge in [-0.1, -0.05) is 6.08 Å². The standard InChI is InChI=1S/C14H26N2O3S/c1-2-3-10-20(18,19)16-9-5-6-13(16)11-15-8-4-7-14(15)12-17/h2,13-14,17H,1,3-12H2/t13-,14-/m0/s1. The number of allylic oxidation sites excluding steroid dienone is 1. The molecule has 2 fully saturated rings. The van der Waals surface area contributed by atoms with Crippen molar-refractivity contribution in [3.63, 3.8) is 0 Å². The molecule has 2 rings (SSSR count). The molecule has 0 saturated carbocycles. The maximum absolute atomic E-state index is 12.3. The predicted molar refractivity (Wildman–Crippen MR) is 80.0 cm³/mol. The fraction of sp³-hybridized carbons (Fsp3) is 0.857. The third kappa shape index (κ3) is 3.61. The molecule has 2 aliphatic rings. The van der Waals surface area contributed by atoms with Crippen molar-refractivity contribution in [2.45, 2.75) is 44.2 Å². The van der Waals surface area contributed by atoms with Gasteiger partial charge in [0.2, 0.25) is 10.0 Å². The Morgan fingerprint density at radius 3 is 2.60 bits per heavy atom. The summed E-state index contributed by atoms with van der Waals surface area (Å²) in [4.78, 5) is 2.26. The van der Waals surface area contributed by atoms with E-state index in [1.165, 1.54) is 0 Å². The molecule has 2 saturated heterocycles. The third-order valence-electron chi connectivity index (χ3n) is 4.42. The molecule has 0 aromatic carbocycles. The smallest absolute Gasteiger partial charge is 0.214 e. The van der Waals surface area contributed by atoms with Crippen molar-refractivity contribution in [2.75, 3.05) is 32.0 Å². The monoisotopic (exact) mass is 302 g/mol. The number of rotatable bonds is 7. The maximum Gasteiger partial charge on any atom is 0.214 e. The van der Waals surface area contributed by atoms with Gasteiger partial charge >= 0.3 is 0 Å². The van der Waals surface area contributed by atoms with E-state index in [1.54, 1.807) is 10.4 Å². The van der Waals surface area contributed by atoms with Crippen molar-refractivity contribution in [3.8, 4) is 0 Å². The van der Waals surface area contributed by atoms with Crippen LogP contribution < -0.4 is 0 Å². The number of aliphatic hydroxyl groups excluding tert-OH is 1. The summed E-state index contributed by atoms with van der Waals surface area (Å²) in [5.74, 6) is 0.163. The average molecular weight is 302 g/mol. The number of aliphatic hydroxyl groups is 1. The van der Waals surface area contributed by atoms with Crippen LogP contribution in [0.3, 0.4) is 0 Å². The van der Waals surface area contributed by atoms with Gasteiger partial charge in [-0.3, -0.25) is 4.90 Å². The summed E-state index contributed by atoms with van der Waals surface area (Å²) in [6, 6.07) is 0.297. The highest BCUT2D eigenvalue weighted by Gasteiger charge is 2.36. The number of likely N-dealkylation sites (tertiary alicyclic amines) is 1. The van der Waals surface area contributed by atoms with Gasteiger partial charge in [-0.15, -0.1) is 6.58 Å². The Hall–Kier alpha value is -0.430. The van der Waals surface area contributed by atoms with Crippen LogP contribution in [0.4, 0.5) is 0 Å². The third-order valence-corrected chi connectivity index (χ3v) is 6.36. The Morgan fingerprint density at radius 2 is 1.90 bits per heavy atom. The number of nitrogens with zero attached hydrogens (tertiary/aromatic N) is 2. The highest BCUT2D eigenvalue weighted by Crippen LogP contribution is 2.25. The van der Waals surface area contributed by atoms with Gasteiger partial charge in [0.05, 0.1) is 12.4 Å². The number of hydrogen-bond acceptors (Lipinski definition) is 4. The minimum Gasteiger partial charge on any atom is -0.395 e. The summed E-state index contributed by atoms with van der Waals surface area (Å²) in [5.41, 5.74) is 0. The first-order chi connectivity index (χ1) is 9.58. The number of sulfonamides is 1. The Labute approximate surface area is 122 Å². The first-order valence-corrected chi connectivity index (χ1v) is 9.14. The average Bonchev–Trinajstić information content (AvgIpc) is 3.06. The van der Waals surface area contributed by atoms with E-state index in [1.807, 2.05) is 0 Å². The fourth-order valence-electron chi connectivity index (χ4n) is 3.32. The van der Waals surface area contributed by atoms with Crippen LogP contribution in [0.25, 0.3) is 0 Å². The summed E-state index contributed by atoms with van der Waals surface area (Å²) in [6.45, 7) is 6.15. The van der Waals surface area contributed by atoms with E-state index in [-0.39, 0.29) is 24.4 Å². The Bertz CT molecular complexity index is 424. The molecule has 0 amide bonds. The van der Waals surface area contributed by atoms with E-state index in [4.69, 9.17) is 0 Å². The van der Waals surface area contributed by atoms with Crippen molar-refractivity contribution in [1.82, 2.24) is 9.21 Å². The van der Waals surface area contributed by atoms with Crippen LogP contribution in [0.2, 0.25) is 0 Å². The van der Waals surface area contributed by atoms with Crippen LogP contribution in [-0.2, 0) is 10.0 Å². The van der Waals surface area contributed by atoms with E-state index < -0.39 is 10.0 Å². The molecule has 1 N–H and O–H groups in total. The van der Waals surface area contributed by atoms with Gasteiger partial charge in [0.1, 0.15) is 0 Å². The van der Waals surface area contributed by atoms with Crippen LogP contribution in [0.15, 0.2) is 12.7 Å². The highest BCUT2D eigenvalue weighted by atomic mass is 32.2. The molecule has 0 bridgehead atoms. The lowest BCUT2D eigenvalue weighted by molar-refractivity contribution is 0.140. The highest BCUT2D eigenvalue weighted by molar-refractivity contribution is 7.89. The van der Waals surface area contributed by atoms with Gasteiger partial charge in [0, 0.05) is 25.2 Å². The molecule has 6 heteroatoms. The predicted octanol–water partition coefficient (Wildman–Crippen LogP) is 0.813. The zero-order valence-electron chi connectivity index (χ0n) is 12.1. The Kier molecular flexibility index (Phi) is 5.60. The first kappa shape index (κ1) is 15.9. The Morgan fingerprint density at radius 1 is 1.20 bits per heavy atom. The van der Waals surface area contributed by atoms with Crippen LogP contribution >= 0.6 is 0 Å². The lowest BCUT2D eigenvalue weighted by Crippen LogP contribution is -2.46. The van der Waals surface area contributed by atoms with E-state index in [9.17, 15) is 13.5 Å². The molecule has 20 heavy (non-hydrogen) atoms. The van der Waals surface area contributed by atoms with Gasteiger partial charge in [-0.05, 0) is 38.6 Å². The molecule has 5 nitrogen and oxygen atoms in total. The molecule has 2 heterocycles. The lowest BCUT2D eigenvalue weighted by atomic mass is 10.2. The molecular weight excluding hydrogens is 276 g/mol. The maximum atomic E-state index is 12.3. The lowest BCUT2D eigenvalue weighted by Gasteiger charge is -2.30. The fourth-order valence-corrected chi connectivity index (χ4v) is 5.05. The second-order valence-corrected chi connectivity index (χ2v) is 7.81. The van der Waals surface area contributed by atoms with Gasteiger partial charge in [-0.25, -0.2) is 8.42 Å². The second-order valence-electron chi connectivity index (χ2n) is 5.77. The summed E-state index contributed by atoms with van der Waals surface area (Å²) in [7, 11) is -3.16. The van der Waals surface area contributed by atoms with Crippen molar-refractivity contribution in [3.05, 3.63) is 12.7 Å². The van der Waals surface area contributed by atoms with Gasteiger partial charge in [0.25, 0.3) is 0 Å². The second kappa shape index (κ2) is 7.02. The molecule has 0 unspecified atom stereocenters. The van der Waals surface area contributed by atoms with Crippen molar-refractivity contribution in [2.24, 2.45) is 0 Å². The Balaban J connectivity index is 1.98. The zero-order chi connectivity index (χ0) is 14.6. The topological polar surface area (TPSA) is 60.9 Å². The molecule has 0 aromatic rings. The summed E-state index contributed by atoms with van der Waals surface area (Å²) in [5, 5.41) is 9.37. The van der Waals surface area contributed by atoms with Crippen molar-refractivity contribution >= 4 is 10.0 Å². The SMILES string of the molecule is C=CCCS(=O)(=O)N1CCC[C@H]1CN1CCC[C@H]1CO. The summed E-state index contributed by atoms with van der Waals surface area (Å²) < 4.78 is 26.4. The molecule has 116 valence electrons. The van der Waals surface area contributed by atoms with Gasteiger partial charge in [-0.2, -0.15) is 4.31 Å². The summed E-state index contributed by atoms with van der Waals surface area (Å²) in [6.07, 6.45) is 6.16. The minimum absolute atomic E-state index is 0.0805. The van der Waals surface area contributed by atoms with E-state index in [0.717, 1.165) is 38.8 Å². The minimum atomic E-state index is -3.16.